The smallest absolute Gasteiger partial charge is 0.00659 e. The normalized spacial score (nSPS) is 15.3. The highest BCUT2D eigenvalue weighted by molar-refractivity contribution is 4.98. The number of hydrogen-bond acceptors (Lipinski definition) is 1. The Kier molecular flexibility index (Phi) is 5.09. The highest BCUT2D eigenvalue weighted by Gasteiger charge is 2.01. The molecule has 60 valence electrons. The minimum atomic E-state index is 0.574. The van der Waals surface area contributed by atoms with Crippen molar-refractivity contribution in [1.82, 2.24) is 0 Å². The topological polar surface area (TPSA) is 26.0 Å². The minimum absolute atomic E-state index is 0.574. The van der Waals surface area contributed by atoms with Crippen molar-refractivity contribution in [3.05, 3.63) is 11.8 Å². The van der Waals surface area contributed by atoms with Crippen LogP contribution >= 0.6 is 0 Å². The molecule has 2 N–H and O–H groups in total. The van der Waals surface area contributed by atoms with Crippen LogP contribution in [0, 0.1) is 5.92 Å². The summed E-state index contributed by atoms with van der Waals surface area (Å²) in [6.07, 6.45) is 5.78. The van der Waals surface area contributed by atoms with E-state index in [2.05, 4.69) is 13.8 Å². The molecule has 0 aromatic rings. The molecule has 0 bridgehead atoms. The van der Waals surface area contributed by atoms with E-state index in [9.17, 15) is 0 Å². The van der Waals surface area contributed by atoms with Gasteiger partial charge in [-0.25, -0.2) is 0 Å². The van der Waals surface area contributed by atoms with Gasteiger partial charge in [0, 0.05) is 5.70 Å². The van der Waals surface area contributed by atoms with Gasteiger partial charge in [-0.1, -0.05) is 32.8 Å². The maximum absolute atomic E-state index is 5.72. The highest BCUT2D eigenvalue weighted by atomic mass is 14.6. The molecular weight excluding hydrogens is 122 g/mol. The zero-order valence-electron chi connectivity index (χ0n) is 7.35. The molecule has 0 spiro atoms. The first-order chi connectivity index (χ1) is 4.72. The summed E-state index contributed by atoms with van der Waals surface area (Å²) in [5.74, 6) is 0.574. The van der Waals surface area contributed by atoms with Crippen molar-refractivity contribution in [2.24, 2.45) is 11.7 Å². The molecule has 0 fully saturated rings. The molecule has 0 aliphatic heterocycles. The van der Waals surface area contributed by atoms with Crippen molar-refractivity contribution in [1.29, 1.82) is 0 Å². The first kappa shape index (κ1) is 9.54. The second-order valence-corrected chi connectivity index (χ2v) is 2.83. The monoisotopic (exact) mass is 141 g/mol. The van der Waals surface area contributed by atoms with E-state index in [4.69, 9.17) is 5.73 Å². The van der Waals surface area contributed by atoms with Crippen LogP contribution in [0.2, 0.25) is 0 Å². The molecule has 0 amide bonds. The molecule has 10 heavy (non-hydrogen) atoms. The Morgan fingerprint density at radius 1 is 1.60 bits per heavy atom. The summed E-state index contributed by atoms with van der Waals surface area (Å²) >= 11 is 0. The molecule has 0 rings (SSSR count). The predicted octanol–water partition coefficient (Wildman–Crippen LogP) is 2.68. The molecule has 0 saturated carbocycles. The lowest BCUT2D eigenvalue weighted by molar-refractivity contribution is 0.566. The van der Waals surface area contributed by atoms with Gasteiger partial charge in [0.25, 0.3) is 0 Å². The summed E-state index contributed by atoms with van der Waals surface area (Å²) in [4.78, 5) is 0. The van der Waals surface area contributed by atoms with Gasteiger partial charge in [0.2, 0.25) is 0 Å². The van der Waals surface area contributed by atoms with E-state index in [1.54, 1.807) is 0 Å². The summed E-state index contributed by atoms with van der Waals surface area (Å²) in [5, 5.41) is 0. The molecule has 0 aliphatic carbocycles. The van der Waals surface area contributed by atoms with E-state index in [-0.39, 0.29) is 0 Å². The van der Waals surface area contributed by atoms with Crippen molar-refractivity contribution in [3.63, 3.8) is 0 Å². The molecule has 0 saturated heterocycles. The quantitative estimate of drug-likeness (QED) is 0.640. The van der Waals surface area contributed by atoms with E-state index < -0.39 is 0 Å². The average molecular weight is 141 g/mol. The van der Waals surface area contributed by atoms with Crippen molar-refractivity contribution >= 4 is 0 Å². The second-order valence-electron chi connectivity index (χ2n) is 2.83. The van der Waals surface area contributed by atoms with Gasteiger partial charge in [0.05, 0.1) is 0 Å². The van der Waals surface area contributed by atoms with Crippen LogP contribution < -0.4 is 5.73 Å². The third-order valence-corrected chi connectivity index (χ3v) is 1.89. The molecule has 1 unspecified atom stereocenters. The van der Waals surface area contributed by atoms with Gasteiger partial charge >= 0.3 is 0 Å². The average Bonchev–Trinajstić information content (AvgIpc) is 1.98. The molecule has 0 aliphatic rings. The minimum Gasteiger partial charge on any atom is -0.402 e. The Balaban J connectivity index is 3.51. The van der Waals surface area contributed by atoms with Crippen LogP contribution in [0.4, 0.5) is 0 Å². The molecule has 0 radical (unpaired) electrons. The van der Waals surface area contributed by atoms with Crippen molar-refractivity contribution in [3.8, 4) is 0 Å². The number of allylic oxidation sites excluding steroid dienone is 2. The lowest BCUT2D eigenvalue weighted by Crippen LogP contribution is -2.07. The predicted molar refractivity (Wildman–Crippen MR) is 46.6 cm³/mol. The molecule has 0 aromatic carbocycles. The van der Waals surface area contributed by atoms with E-state index >= 15 is 0 Å². The van der Waals surface area contributed by atoms with Gasteiger partial charge in [0.1, 0.15) is 0 Å². The van der Waals surface area contributed by atoms with Gasteiger partial charge in [-0.3, -0.25) is 0 Å². The number of unbranched alkanes of at least 4 members (excludes halogenated alkanes) is 1. The molecule has 1 nitrogen and oxygen atoms in total. The van der Waals surface area contributed by atoms with E-state index in [0.29, 0.717) is 5.92 Å². The lowest BCUT2D eigenvalue weighted by atomic mass is 10.0. The summed E-state index contributed by atoms with van der Waals surface area (Å²) in [5.41, 5.74) is 6.75. The Bertz CT molecular complexity index is 105. The van der Waals surface area contributed by atoms with E-state index in [0.717, 1.165) is 5.70 Å². The van der Waals surface area contributed by atoms with Crippen LogP contribution in [0.25, 0.3) is 0 Å². The maximum atomic E-state index is 5.72. The van der Waals surface area contributed by atoms with Crippen LogP contribution in [-0.2, 0) is 0 Å². The molecule has 1 atom stereocenters. The molecule has 0 heterocycles. The largest absolute Gasteiger partial charge is 0.402 e. The van der Waals surface area contributed by atoms with Gasteiger partial charge in [-0.05, 0) is 19.3 Å². The Hall–Kier alpha value is -0.460. The summed E-state index contributed by atoms with van der Waals surface area (Å²) in [6, 6.07) is 0. The van der Waals surface area contributed by atoms with Crippen LogP contribution in [0.3, 0.4) is 0 Å². The first-order valence-electron chi connectivity index (χ1n) is 4.14. The highest BCUT2D eigenvalue weighted by Crippen LogP contribution is 2.12. The van der Waals surface area contributed by atoms with Crippen molar-refractivity contribution in [2.45, 2.75) is 40.0 Å². The summed E-state index contributed by atoms with van der Waals surface area (Å²) < 4.78 is 0. The lowest BCUT2D eigenvalue weighted by Gasteiger charge is -2.09. The molecule has 0 aromatic heterocycles. The van der Waals surface area contributed by atoms with Gasteiger partial charge in [-0.2, -0.15) is 0 Å². The summed E-state index contributed by atoms with van der Waals surface area (Å²) in [6.45, 7) is 6.39. The number of hydrogen-bond donors (Lipinski definition) is 1. The molecular formula is C9H19N. The van der Waals surface area contributed by atoms with Crippen LogP contribution in [0.5, 0.6) is 0 Å². The molecule has 1 heteroatoms. The zero-order chi connectivity index (χ0) is 7.98. The van der Waals surface area contributed by atoms with Crippen molar-refractivity contribution in [2.75, 3.05) is 0 Å². The zero-order valence-corrected chi connectivity index (χ0v) is 7.35. The third kappa shape index (κ3) is 3.54. The fraction of sp³-hybridized carbons (Fsp3) is 0.778. The SMILES string of the molecule is C/C=C(\N)C(C)CCCC. The second kappa shape index (κ2) is 5.33. The van der Waals surface area contributed by atoms with E-state index in [1.807, 2.05) is 13.0 Å². The van der Waals surface area contributed by atoms with Crippen LogP contribution in [-0.4, -0.2) is 0 Å². The fourth-order valence-corrected chi connectivity index (χ4v) is 0.961. The Morgan fingerprint density at radius 2 is 2.20 bits per heavy atom. The van der Waals surface area contributed by atoms with Gasteiger partial charge < -0.3 is 5.73 Å². The number of nitrogens with two attached hydrogens (primary N) is 1. The van der Waals surface area contributed by atoms with E-state index in [1.165, 1.54) is 19.3 Å². The van der Waals surface area contributed by atoms with Crippen LogP contribution in [0.1, 0.15) is 40.0 Å². The summed E-state index contributed by atoms with van der Waals surface area (Å²) in [7, 11) is 0. The standard InChI is InChI=1S/C9H19N/c1-4-6-7-8(3)9(10)5-2/h5,8H,4,6-7,10H2,1-3H3/b9-5-. The number of rotatable bonds is 4. The Labute approximate surface area is 64.3 Å². The van der Waals surface area contributed by atoms with Crippen LogP contribution in [0.15, 0.2) is 11.8 Å². The van der Waals surface area contributed by atoms with Gasteiger partial charge in [-0.15, -0.1) is 0 Å². The Morgan fingerprint density at radius 3 is 2.60 bits per heavy atom. The fourth-order valence-electron chi connectivity index (χ4n) is 0.961. The first-order valence-corrected chi connectivity index (χ1v) is 4.14. The van der Waals surface area contributed by atoms with Gasteiger partial charge in [0.15, 0.2) is 0 Å². The third-order valence-electron chi connectivity index (χ3n) is 1.89. The maximum Gasteiger partial charge on any atom is 0.00659 e. The van der Waals surface area contributed by atoms with Crippen molar-refractivity contribution < 1.29 is 0 Å².